The molecule has 0 aliphatic rings. The van der Waals surface area contributed by atoms with Crippen LogP contribution in [0.1, 0.15) is 18.9 Å². The van der Waals surface area contributed by atoms with Crippen molar-refractivity contribution in [3.05, 3.63) is 42.4 Å². The Bertz CT molecular complexity index is 844. The molecule has 2 aromatic heterocycles. The average Bonchev–Trinajstić information content (AvgIpc) is 2.97. The maximum atomic E-state index is 12.1. The van der Waals surface area contributed by atoms with Crippen molar-refractivity contribution in [2.75, 3.05) is 11.1 Å². The average molecular weight is 341 g/mol. The minimum Gasteiger partial charge on any atom is -0.325 e. The van der Waals surface area contributed by atoms with Crippen LogP contribution in [0.2, 0.25) is 0 Å². The van der Waals surface area contributed by atoms with Gasteiger partial charge in [-0.25, -0.2) is 9.97 Å². The first-order valence-electron chi connectivity index (χ1n) is 7.81. The number of amides is 1. The molecule has 6 nitrogen and oxygen atoms in total. The van der Waals surface area contributed by atoms with E-state index < -0.39 is 0 Å². The molecular weight excluding hydrogens is 322 g/mol. The van der Waals surface area contributed by atoms with Gasteiger partial charge in [0.1, 0.15) is 11.4 Å². The summed E-state index contributed by atoms with van der Waals surface area (Å²) in [6.45, 7) is 2.15. The van der Waals surface area contributed by atoms with Crippen LogP contribution in [0.5, 0.6) is 0 Å². The van der Waals surface area contributed by atoms with E-state index in [0.717, 1.165) is 34.6 Å². The van der Waals surface area contributed by atoms with Gasteiger partial charge in [-0.15, -0.1) is 0 Å². The Morgan fingerprint density at radius 1 is 1.25 bits per heavy atom. The lowest BCUT2D eigenvalue weighted by Crippen LogP contribution is -2.14. The maximum absolute atomic E-state index is 12.1. The fourth-order valence-corrected chi connectivity index (χ4v) is 3.19. The van der Waals surface area contributed by atoms with Crippen LogP contribution in [0.15, 0.2) is 41.8 Å². The summed E-state index contributed by atoms with van der Waals surface area (Å²) < 4.78 is 1.69. The van der Waals surface area contributed by atoms with Crippen LogP contribution < -0.4 is 5.32 Å². The Morgan fingerprint density at radius 3 is 2.79 bits per heavy atom. The van der Waals surface area contributed by atoms with Gasteiger partial charge in [-0.3, -0.25) is 9.48 Å². The lowest BCUT2D eigenvalue weighted by molar-refractivity contribution is -0.113. The zero-order valence-electron chi connectivity index (χ0n) is 13.7. The highest BCUT2D eigenvalue weighted by atomic mass is 32.2. The smallest absolute Gasteiger partial charge is 0.234 e. The maximum Gasteiger partial charge on any atom is 0.234 e. The molecule has 1 N–H and O–H groups in total. The predicted octanol–water partition coefficient (Wildman–Crippen LogP) is 3.05. The van der Waals surface area contributed by atoms with Gasteiger partial charge >= 0.3 is 0 Å². The van der Waals surface area contributed by atoms with E-state index in [-0.39, 0.29) is 11.7 Å². The summed E-state index contributed by atoms with van der Waals surface area (Å²) in [5.74, 6) is 0.233. The predicted molar refractivity (Wildman–Crippen MR) is 96.1 cm³/mol. The minimum atomic E-state index is -0.0566. The quantitative estimate of drug-likeness (QED) is 0.551. The van der Waals surface area contributed by atoms with Crippen molar-refractivity contribution in [2.45, 2.75) is 24.8 Å². The zero-order chi connectivity index (χ0) is 16.9. The second-order valence-corrected chi connectivity index (χ2v) is 6.43. The van der Waals surface area contributed by atoms with E-state index in [1.165, 1.54) is 23.7 Å². The molecule has 2 heterocycles. The molecule has 124 valence electrons. The molecule has 24 heavy (non-hydrogen) atoms. The van der Waals surface area contributed by atoms with Gasteiger partial charge in [0.05, 0.1) is 17.3 Å². The SMILES string of the molecule is CCCc1ccc(NC(=O)CSc2ncnc3c2cnn3C)cc1. The normalized spacial score (nSPS) is 10.9. The number of hydrogen-bond acceptors (Lipinski definition) is 5. The first-order valence-corrected chi connectivity index (χ1v) is 8.80. The summed E-state index contributed by atoms with van der Waals surface area (Å²) in [6.07, 6.45) is 5.39. The zero-order valence-corrected chi connectivity index (χ0v) is 14.5. The van der Waals surface area contributed by atoms with Crippen molar-refractivity contribution in [2.24, 2.45) is 7.05 Å². The van der Waals surface area contributed by atoms with E-state index in [4.69, 9.17) is 0 Å². The molecule has 0 aliphatic carbocycles. The molecule has 0 saturated carbocycles. The molecule has 0 unspecified atom stereocenters. The number of fused-ring (bicyclic) bond motifs is 1. The highest BCUT2D eigenvalue weighted by molar-refractivity contribution is 8.00. The van der Waals surface area contributed by atoms with Crippen LogP contribution in [0, 0.1) is 0 Å². The number of nitrogens with one attached hydrogen (secondary N) is 1. The van der Waals surface area contributed by atoms with Gasteiger partial charge in [0.15, 0.2) is 5.65 Å². The Morgan fingerprint density at radius 2 is 2.04 bits per heavy atom. The number of carbonyl (C=O) groups excluding carboxylic acids is 1. The van der Waals surface area contributed by atoms with E-state index in [0.29, 0.717) is 0 Å². The van der Waals surface area contributed by atoms with Crippen LogP contribution in [-0.2, 0) is 18.3 Å². The summed E-state index contributed by atoms with van der Waals surface area (Å²) in [6, 6.07) is 7.99. The molecule has 0 spiro atoms. The second kappa shape index (κ2) is 7.44. The fraction of sp³-hybridized carbons (Fsp3) is 0.294. The number of rotatable bonds is 6. The molecular formula is C17H19N5OS. The molecule has 0 saturated heterocycles. The van der Waals surface area contributed by atoms with E-state index >= 15 is 0 Å². The molecule has 3 aromatic rings. The summed E-state index contributed by atoms with van der Waals surface area (Å²) in [5.41, 5.74) is 2.86. The topological polar surface area (TPSA) is 72.7 Å². The molecule has 0 bridgehead atoms. The van der Waals surface area contributed by atoms with Crippen molar-refractivity contribution >= 4 is 34.4 Å². The van der Waals surface area contributed by atoms with Crippen molar-refractivity contribution in [3.8, 4) is 0 Å². The monoisotopic (exact) mass is 341 g/mol. The third kappa shape index (κ3) is 3.73. The van der Waals surface area contributed by atoms with E-state index in [9.17, 15) is 4.79 Å². The molecule has 0 aliphatic heterocycles. The summed E-state index contributed by atoms with van der Waals surface area (Å²) in [7, 11) is 1.83. The molecule has 0 fully saturated rings. The van der Waals surface area contributed by atoms with E-state index in [2.05, 4.69) is 39.4 Å². The summed E-state index contributed by atoms with van der Waals surface area (Å²) in [4.78, 5) is 20.6. The highest BCUT2D eigenvalue weighted by Crippen LogP contribution is 2.23. The fourth-order valence-electron chi connectivity index (χ4n) is 2.43. The first kappa shape index (κ1) is 16.4. The van der Waals surface area contributed by atoms with Crippen LogP contribution in [0.25, 0.3) is 11.0 Å². The van der Waals surface area contributed by atoms with Crippen LogP contribution in [-0.4, -0.2) is 31.4 Å². The van der Waals surface area contributed by atoms with Crippen LogP contribution in [0.3, 0.4) is 0 Å². The Hall–Kier alpha value is -2.41. The second-order valence-electron chi connectivity index (χ2n) is 5.47. The number of hydrogen-bond donors (Lipinski definition) is 1. The minimum absolute atomic E-state index is 0.0566. The Kier molecular flexibility index (Phi) is 5.10. The van der Waals surface area contributed by atoms with Gasteiger partial charge in [-0.05, 0) is 24.1 Å². The number of aryl methyl sites for hydroxylation is 2. The van der Waals surface area contributed by atoms with Gasteiger partial charge in [0.25, 0.3) is 0 Å². The van der Waals surface area contributed by atoms with Gasteiger partial charge in [-0.2, -0.15) is 5.10 Å². The number of carbonyl (C=O) groups is 1. The summed E-state index contributed by atoms with van der Waals surface area (Å²) in [5, 5.41) is 8.71. The van der Waals surface area contributed by atoms with Crippen molar-refractivity contribution in [1.82, 2.24) is 19.7 Å². The van der Waals surface area contributed by atoms with Crippen molar-refractivity contribution in [1.29, 1.82) is 0 Å². The van der Waals surface area contributed by atoms with E-state index in [1.54, 1.807) is 10.9 Å². The number of aromatic nitrogens is 4. The third-order valence-corrected chi connectivity index (χ3v) is 4.61. The van der Waals surface area contributed by atoms with Crippen molar-refractivity contribution in [3.63, 3.8) is 0 Å². The number of thioether (sulfide) groups is 1. The van der Waals surface area contributed by atoms with Gasteiger partial charge in [0, 0.05) is 12.7 Å². The van der Waals surface area contributed by atoms with Crippen molar-refractivity contribution < 1.29 is 4.79 Å². The van der Waals surface area contributed by atoms with Gasteiger partial charge in [-0.1, -0.05) is 37.2 Å². The van der Waals surface area contributed by atoms with Crippen LogP contribution >= 0.6 is 11.8 Å². The number of nitrogens with zero attached hydrogens (tertiary/aromatic N) is 4. The summed E-state index contributed by atoms with van der Waals surface area (Å²) >= 11 is 1.39. The number of benzene rings is 1. The highest BCUT2D eigenvalue weighted by Gasteiger charge is 2.10. The molecule has 7 heteroatoms. The molecule has 0 atom stereocenters. The molecule has 0 radical (unpaired) electrons. The first-order chi connectivity index (χ1) is 11.7. The lowest BCUT2D eigenvalue weighted by atomic mass is 10.1. The molecule has 3 rings (SSSR count). The number of anilines is 1. The Labute approximate surface area is 144 Å². The Balaban J connectivity index is 1.60. The molecule has 1 aromatic carbocycles. The largest absolute Gasteiger partial charge is 0.325 e. The lowest BCUT2D eigenvalue weighted by Gasteiger charge is -2.06. The van der Waals surface area contributed by atoms with Gasteiger partial charge in [0.2, 0.25) is 5.91 Å². The molecule has 1 amide bonds. The van der Waals surface area contributed by atoms with Gasteiger partial charge < -0.3 is 5.32 Å². The third-order valence-electron chi connectivity index (χ3n) is 3.61. The van der Waals surface area contributed by atoms with E-state index in [1.807, 2.05) is 19.2 Å². The van der Waals surface area contributed by atoms with Crippen LogP contribution in [0.4, 0.5) is 5.69 Å². The standard InChI is InChI=1S/C17H19N5OS/c1-3-4-12-5-7-13(8-6-12)21-15(23)10-24-17-14-9-20-22(2)16(14)18-11-19-17/h5-9,11H,3-4,10H2,1-2H3,(H,21,23).